The van der Waals surface area contributed by atoms with Gasteiger partial charge in [0.15, 0.2) is 17.5 Å². The lowest BCUT2D eigenvalue weighted by atomic mass is 9.65. The molecule has 0 bridgehead atoms. The van der Waals surface area contributed by atoms with Gasteiger partial charge in [-0.05, 0) is 0 Å². The molecule has 9 atom stereocenters. The molecule has 0 radical (unpaired) electrons. The van der Waals surface area contributed by atoms with Gasteiger partial charge < -0.3 is 55.3 Å². The summed E-state index contributed by atoms with van der Waals surface area (Å²) >= 11 is 0. The van der Waals surface area contributed by atoms with Crippen LogP contribution < -0.4 is 5.32 Å². The molecule has 2 heterocycles. The molecule has 158 valence electrons. The number of methoxy groups -OCH3 is 1. The van der Waals surface area contributed by atoms with Gasteiger partial charge in [-0.3, -0.25) is 4.79 Å². The molecule has 0 aromatic rings. The molecular weight excluding hydrogens is 370 g/mol. The normalized spacial score (nSPS) is 48.3. The van der Waals surface area contributed by atoms with Crippen molar-refractivity contribution in [1.82, 2.24) is 5.32 Å². The molecule has 2 aliphatic rings. The summed E-state index contributed by atoms with van der Waals surface area (Å²) in [5.74, 6) is -0.644. The van der Waals surface area contributed by atoms with E-state index in [0.29, 0.717) is 0 Å². The van der Waals surface area contributed by atoms with Gasteiger partial charge in [-0.2, -0.15) is 0 Å². The Kier molecular flexibility index (Phi) is 6.80. The number of hydrogen-bond donors (Lipinski definition) is 8. The van der Waals surface area contributed by atoms with Gasteiger partial charge in [0.25, 0.3) is 0 Å². The zero-order chi connectivity index (χ0) is 20.6. The maximum absolute atomic E-state index is 11.5. The first-order chi connectivity index (χ1) is 12.6. The van der Waals surface area contributed by atoms with Crippen LogP contribution in [0.1, 0.15) is 6.92 Å². The van der Waals surface area contributed by atoms with Crippen molar-refractivity contribution in [2.45, 2.75) is 61.0 Å². The Morgan fingerprint density at radius 1 is 1.11 bits per heavy atom. The fourth-order valence-corrected chi connectivity index (χ4v) is 3.75. The molecule has 0 unspecified atom stereocenters. The van der Waals surface area contributed by atoms with E-state index in [4.69, 9.17) is 14.2 Å². The van der Waals surface area contributed by atoms with Gasteiger partial charge in [0.2, 0.25) is 5.91 Å². The molecule has 0 aromatic heterocycles. The molecule has 0 aromatic carbocycles. The van der Waals surface area contributed by atoms with E-state index in [1.807, 2.05) is 0 Å². The van der Waals surface area contributed by atoms with Crippen LogP contribution >= 0.6 is 0 Å². The van der Waals surface area contributed by atoms with Gasteiger partial charge >= 0.3 is 0 Å². The number of amides is 1. The summed E-state index contributed by atoms with van der Waals surface area (Å²) in [6.45, 7) is -0.800. The Bertz CT molecular complexity index is 532. The van der Waals surface area contributed by atoms with Crippen molar-refractivity contribution in [3.63, 3.8) is 0 Å². The Morgan fingerprint density at radius 3 is 2.19 bits per heavy atom. The Balaban J connectivity index is 2.58. The molecule has 12 heteroatoms. The molecule has 0 aliphatic carbocycles. The number of nitrogens with one attached hydrogen (secondary N) is 1. The number of rotatable bonds is 5. The van der Waals surface area contributed by atoms with Crippen LogP contribution in [0.15, 0.2) is 0 Å². The number of carbonyl (C=O) groups excluding carboxylic acids is 1. The third-order valence-electron chi connectivity index (χ3n) is 5.22. The van der Waals surface area contributed by atoms with Gasteiger partial charge in [-0.15, -0.1) is 0 Å². The topological polar surface area (TPSA) is 198 Å². The summed E-state index contributed by atoms with van der Waals surface area (Å²) in [5, 5.41) is 75.1. The number of carbonyl (C=O) groups is 1. The second-order valence-corrected chi connectivity index (χ2v) is 6.76. The molecular formula is C15H27NO11. The second kappa shape index (κ2) is 8.21. The van der Waals surface area contributed by atoms with Crippen LogP contribution in [0.4, 0.5) is 0 Å². The highest BCUT2D eigenvalue weighted by atomic mass is 16.7. The molecule has 2 fully saturated rings. The van der Waals surface area contributed by atoms with Crippen LogP contribution in [0.3, 0.4) is 0 Å². The summed E-state index contributed by atoms with van der Waals surface area (Å²) in [7, 11) is 1.07. The maximum Gasteiger partial charge on any atom is 0.217 e. The number of aliphatic hydroxyl groups excluding tert-OH is 5. The van der Waals surface area contributed by atoms with E-state index >= 15 is 0 Å². The first-order valence-electron chi connectivity index (χ1n) is 8.37. The Labute approximate surface area is 154 Å². The van der Waals surface area contributed by atoms with Crippen molar-refractivity contribution in [3.05, 3.63) is 0 Å². The average molecular weight is 397 g/mol. The molecule has 2 aliphatic heterocycles. The third-order valence-corrected chi connectivity index (χ3v) is 5.22. The highest BCUT2D eigenvalue weighted by Crippen LogP contribution is 2.44. The lowest BCUT2D eigenvalue weighted by Gasteiger charge is -2.59. The fourth-order valence-electron chi connectivity index (χ4n) is 3.75. The molecule has 1 amide bonds. The Hall–Kier alpha value is -0.930. The third kappa shape index (κ3) is 3.35. The lowest BCUT2D eigenvalue weighted by Crippen LogP contribution is -2.85. The first kappa shape index (κ1) is 22.4. The van der Waals surface area contributed by atoms with Crippen molar-refractivity contribution in [2.75, 3.05) is 26.9 Å². The van der Waals surface area contributed by atoms with Gasteiger partial charge in [-0.25, -0.2) is 0 Å². The van der Waals surface area contributed by atoms with Crippen LogP contribution in [-0.4, -0.2) is 123 Å². The minimum atomic E-state index is -2.88. The minimum absolute atomic E-state index is 0.441. The minimum Gasteiger partial charge on any atom is -0.394 e. The number of aliphatic hydroxyl groups is 7. The zero-order valence-corrected chi connectivity index (χ0v) is 14.9. The highest BCUT2D eigenvalue weighted by Gasteiger charge is 2.72. The predicted octanol–water partition coefficient (Wildman–Crippen LogP) is -5.21. The molecule has 27 heavy (non-hydrogen) atoms. The Morgan fingerprint density at radius 2 is 1.70 bits per heavy atom. The fraction of sp³-hybridized carbons (Fsp3) is 0.933. The van der Waals surface area contributed by atoms with E-state index in [0.717, 1.165) is 14.0 Å². The summed E-state index contributed by atoms with van der Waals surface area (Å²) in [5.41, 5.74) is -5.65. The summed E-state index contributed by atoms with van der Waals surface area (Å²) in [6.07, 6.45) is -10.6. The SMILES string of the molecule is CO[C@H]1O[C@H](CO)[C@@H](O)[C@H](O)[C@]1(O)[C@]1(O)[C@H](NC(C)=O)CO[C@H](CO)[C@@H]1O. The van der Waals surface area contributed by atoms with Gasteiger partial charge in [0, 0.05) is 14.0 Å². The maximum atomic E-state index is 11.5. The van der Waals surface area contributed by atoms with E-state index in [1.165, 1.54) is 0 Å². The zero-order valence-electron chi connectivity index (χ0n) is 14.9. The molecule has 12 nitrogen and oxygen atoms in total. The van der Waals surface area contributed by atoms with E-state index in [9.17, 15) is 40.5 Å². The van der Waals surface area contributed by atoms with Crippen molar-refractivity contribution in [3.8, 4) is 0 Å². The molecule has 2 saturated heterocycles. The molecule has 2 rings (SSSR count). The van der Waals surface area contributed by atoms with Crippen molar-refractivity contribution < 1.29 is 54.8 Å². The van der Waals surface area contributed by atoms with E-state index in [-0.39, 0.29) is 0 Å². The molecule has 0 saturated carbocycles. The molecule has 8 N–H and O–H groups in total. The lowest BCUT2D eigenvalue weighted by molar-refractivity contribution is -0.399. The average Bonchev–Trinajstić information content (AvgIpc) is 2.63. The summed E-state index contributed by atoms with van der Waals surface area (Å²) in [6, 6.07) is -1.47. The standard InChI is InChI=1S/C15H27NO11/c1-6(19)16-9-5-26-8(4-18)11(21)14(9,23)15(24)12(22)10(20)7(3-17)27-13(15)25-2/h7-13,17-18,20-24H,3-5H2,1-2H3,(H,16,19)/t7-,8-,9-,10-,11+,12+,13+,14+,15-/m1/s1. The van der Waals surface area contributed by atoms with E-state index in [1.54, 1.807) is 0 Å². The van der Waals surface area contributed by atoms with Crippen LogP contribution in [0.25, 0.3) is 0 Å². The number of hydrogen-bond acceptors (Lipinski definition) is 11. The molecule has 0 spiro atoms. The highest BCUT2D eigenvalue weighted by molar-refractivity contribution is 5.73. The van der Waals surface area contributed by atoms with E-state index < -0.39 is 79.8 Å². The quantitative estimate of drug-likeness (QED) is 0.220. The monoisotopic (exact) mass is 397 g/mol. The van der Waals surface area contributed by atoms with Gasteiger partial charge in [0.05, 0.1) is 25.9 Å². The second-order valence-electron chi connectivity index (χ2n) is 6.76. The van der Waals surface area contributed by atoms with Crippen LogP contribution in [0, 0.1) is 0 Å². The largest absolute Gasteiger partial charge is 0.394 e. The van der Waals surface area contributed by atoms with Crippen LogP contribution in [-0.2, 0) is 19.0 Å². The van der Waals surface area contributed by atoms with Gasteiger partial charge in [0.1, 0.15) is 30.5 Å². The van der Waals surface area contributed by atoms with Crippen molar-refractivity contribution >= 4 is 5.91 Å². The summed E-state index contributed by atoms with van der Waals surface area (Å²) in [4.78, 5) is 11.5. The van der Waals surface area contributed by atoms with Gasteiger partial charge in [-0.1, -0.05) is 0 Å². The van der Waals surface area contributed by atoms with Crippen molar-refractivity contribution in [2.24, 2.45) is 0 Å². The smallest absolute Gasteiger partial charge is 0.217 e. The van der Waals surface area contributed by atoms with Crippen LogP contribution in [0.2, 0.25) is 0 Å². The number of ether oxygens (including phenoxy) is 3. The predicted molar refractivity (Wildman–Crippen MR) is 85.1 cm³/mol. The van der Waals surface area contributed by atoms with E-state index in [2.05, 4.69) is 5.32 Å². The first-order valence-corrected chi connectivity index (χ1v) is 8.37. The summed E-state index contributed by atoms with van der Waals surface area (Å²) < 4.78 is 15.5. The van der Waals surface area contributed by atoms with Crippen LogP contribution in [0.5, 0.6) is 0 Å². The van der Waals surface area contributed by atoms with Crippen molar-refractivity contribution in [1.29, 1.82) is 0 Å².